The van der Waals surface area contributed by atoms with Crippen LogP contribution in [0.15, 0.2) is 78.0 Å². The van der Waals surface area contributed by atoms with Crippen LogP contribution in [0.4, 0.5) is 20.2 Å². The van der Waals surface area contributed by atoms with Crippen LogP contribution in [0, 0.1) is 0 Å². The second-order valence-corrected chi connectivity index (χ2v) is 6.90. The number of rotatable bonds is 8. The summed E-state index contributed by atoms with van der Waals surface area (Å²) in [5.74, 6) is -3.24. The first kappa shape index (κ1) is 21.3. The van der Waals surface area contributed by atoms with Gasteiger partial charge in [0.25, 0.3) is 17.6 Å². The fourth-order valence-corrected chi connectivity index (χ4v) is 3.05. The van der Waals surface area contributed by atoms with Crippen LogP contribution in [-0.2, 0) is 4.79 Å². The fourth-order valence-electron chi connectivity index (χ4n) is 2.47. The molecular weight excluding hydrogens is 412 g/mol. The molecule has 0 saturated heterocycles. The summed E-state index contributed by atoms with van der Waals surface area (Å²) >= 11 is 0.205. The summed E-state index contributed by atoms with van der Waals surface area (Å²) in [6.45, 7) is -0.218. The van der Waals surface area contributed by atoms with Crippen LogP contribution >= 0.6 is 11.8 Å². The number of para-hydroxylation sites is 1. The van der Waals surface area contributed by atoms with Crippen LogP contribution < -0.4 is 15.4 Å². The summed E-state index contributed by atoms with van der Waals surface area (Å²) in [5, 5.41) is 5.26. The second-order valence-electron chi connectivity index (χ2n) is 5.92. The van der Waals surface area contributed by atoms with E-state index in [9.17, 15) is 18.4 Å². The van der Waals surface area contributed by atoms with Gasteiger partial charge in [0.2, 0.25) is 0 Å². The Hall–Kier alpha value is -3.46. The molecule has 0 radical (unpaired) electrons. The number of carbonyl (C=O) groups is 2. The smallest absolute Gasteiger partial charge is 0.290 e. The molecule has 0 fully saturated rings. The number of hydrogen-bond donors (Lipinski definition) is 2. The normalized spacial score (nSPS) is 10.5. The van der Waals surface area contributed by atoms with E-state index in [0.717, 1.165) is 0 Å². The van der Waals surface area contributed by atoms with E-state index in [1.165, 1.54) is 24.4 Å². The molecule has 154 valence electrons. The van der Waals surface area contributed by atoms with Gasteiger partial charge < -0.3 is 15.4 Å². The maximum absolute atomic E-state index is 12.7. The van der Waals surface area contributed by atoms with Gasteiger partial charge in [0.1, 0.15) is 10.8 Å². The van der Waals surface area contributed by atoms with E-state index < -0.39 is 11.7 Å². The maximum Gasteiger partial charge on any atom is 0.290 e. The molecule has 6 nitrogen and oxygen atoms in total. The lowest BCUT2D eigenvalue weighted by Crippen LogP contribution is -2.20. The van der Waals surface area contributed by atoms with E-state index in [-0.39, 0.29) is 34.9 Å². The molecule has 0 unspecified atom stereocenters. The van der Waals surface area contributed by atoms with Crippen molar-refractivity contribution in [1.29, 1.82) is 0 Å². The van der Waals surface area contributed by atoms with Gasteiger partial charge >= 0.3 is 0 Å². The van der Waals surface area contributed by atoms with E-state index >= 15 is 0 Å². The predicted octanol–water partition coefficient (Wildman–Crippen LogP) is 4.67. The Balaban J connectivity index is 1.60. The van der Waals surface area contributed by atoms with E-state index in [0.29, 0.717) is 17.1 Å². The monoisotopic (exact) mass is 429 g/mol. The van der Waals surface area contributed by atoms with Crippen molar-refractivity contribution in [2.75, 3.05) is 17.2 Å². The molecular formula is C21H17F2N3O3S. The molecule has 0 atom stereocenters. The third-order valence-corrected chi connectivity index (χ3v) is 4.46. The number of thioether (sulfide) groups is 1. The maximum atomic E-state index is 12.7. The molecule has 2 N–H and O–H groups in total. The Morgan fingerprint density at radius 2 is 1.73 bits per heavy atom. The van der Waals surface area contributed by atoms with Crippen molar-refractivity contribution in [2.24, 2.45) is 0 Å². The second kappa shape index (κ2) is 10.4. The molecule has 0 bridgehead atoms. The van der Waals surface area contributed by atoms with Crippen molar-refractivity contribution in [1.82, 2.24) is 4.98 Å². The van der Waals surface area contributed by atoms with Gasteiger partial charge in [-0.2, -0.15) is 8.78 Å². The highest BCUT2D eigenvalue weighted by Gasteiger charge is 2.17. The molecule has 0 aliphatic rings. The number of anilines is 2. The van der Waals surface area contributed by atoms with Crippen molar-refractivity contribution in [3.8, 4) is 5.75 Å². The zero-order chi connectivity index (χ0) is 21.3. The molecule has 0 aliphatic carbocycles. The molecule has 9 heteroatoms. The number of ether oxygens (including phenoxy) is 1. The molecule has 0 spiro atoms. The van der Waals surface area contributed by atoms with Crippen molar-refractivity contribution in [2.45, 2.75) is 10.8 Å². The van der Waals surface area contributed by atoms with E-state index in [1.807, 2.05) is 6.07 Å². The molecule has 1 aromatic heterocycles. The van der Waals surface area contributed by atoms with Crippen molar-refractivity contribution >= 4 is 35.0 Å². The highest BCUT2D eigenvalue weighted by Crippen LogP contribution is 2.27. The lowest BCUT2D eigenvalue weighted by molar-refractivity contribution is -0.118. The third-order valence-electron chi connectivity index (χ3n) is 3.74. The lowest BCUT2D eigenvalue weighted by Gasteiger charge is -2.11. The largest absolute Gasteiger partial charge is 0.484 e. The van der Waals surface area contributed by atoms with Gasteiger partial charge in [-0.05, 0) is 48.2 Å². The molecule has 3 rings (SSSR count). The van der Waals surface area contributed by atoms with Crippen LogP contribution in [0.25, 0.3) is 0 Å². The number of pyridine rings is 1. The quantitative estimate of drug-likeness (QED) is 0.509. The number of nitrogens with one attached hydrogen (secondary N) is 2. The van der Waals surface area contributed by atoms with E-state index in [4.69, 9.17) is 4.74 Å². The predicted molar refractivity (Wildman–Crippen MR) is 111 cm³/mol. The molecule has 1 heterocycles. The molecule has 0 saturated carbocycles. The number of hydrogen-bond acceptors (Lipinski definition) is 5. The van der Waals surface area contributed by atoms with Gasteiger partial charge in [0.15, 0.2) is 6.61 Å². The topological polar surface area (TPSA) is 80.3 Å². The minimum Gasteiger partial charge on any atom is -0.484 e. The first-order chi connectivity index (χ1) is 14.5. The Labute approximate surface area is 175 Å². The zero-order valence-electron chi connectivity index (χ0n) is 15.5. The highest BCUT2D eigenvalue weighted by molar-refractivity contribution is 7.99. The molecule has 0 aliphatic heterocycles. The summed E-state index contributed by atoms with van der Waals surface area (Å²) in [4.78, 5) is 28.3. The number of amides is 2. The van der Waals surface area contributed by atoms with E-state index in [2.05, 4.69) is 15.6 Å². The van der Waals surface area contributed by atoms with Crippen LogP contribution in [-0.4, -0.2) is 29.2 Å². The van der Waals surface area contributed by atoms with Crippen molar-refractivity contribution in [3.05, 3.63) is 78.5 Å². The molecule has 3 aromatic rings. The third kappa shape index (κ3) is 6.28. The Kier molecular flexibility index (Phi) is 7.34. The van der Waals surface area contributed by atoms with Gasteiger partial charge in [-0.1, -0.05) is 24.3 Å². The number of halogens is 2. The minimum absolute atomic E-state index is 0.0383. The van der Waals surface area contributed by atoms with Gasteiger partial charge in [-0.3, -0.25) is 9.59 Å². The Morgan fingerprint density at radius 1 is 0.967 bits per heavy atom. The Morgan fingerprint density at radius 3 is 2.50 bits per heavy atom. The van der Waals surface area contributed by atoms with Gasteiger partial charge in [0.05, 0.1) is 5.56 Å². The van der Waals surface area contributed by atoms with Crippen LogP contribution in [0.5, 0.6) is 5.75 Å². The first-order valence-electron chi connectivity index (χ1n) is 8.80. The average Bonchev–Trinajstić information content (AvgIpc) is 2.73. The first-order valence-corrected chi connectivity index (χ1v) is 9.68. The lowest BCUT2D eigenvalue weighted by atomic mass is 10.2. The number of alkyl halides is 2. The van der Waals surface area contributed by atoms with Gasteiger partial charge in [-0.25, -0.2) is 4.98 Å². The van der Waals surface area contributed by atoms with Crippen LogP contribution in [0.1, 0.15) is 10.4 Å². The van der Waals surface area contributed by atoms with Crippen molar-refractivity contribution in [3.63, 3.8) is 0 Å². The van der Waals surface area contributed by atoms with E-state index in [1.54, 1.807) is 42.5 Å². The van der Waals surface area contributed by atoms with Crippen LogP contribution in [0.2, 0.25) is 0 Å². The summed E-state index contributed by atoms with van der Waals surface area (Å²) in [6, 6.07) is 18.3. The average molecular weight is 429 g/mol. The van der Waals surface area contributed by atoms with Crippen molar-refractivity contribution < 1.29 is 23.1 Å². The Bertz CT molecular complexity index is 1020. The summed E-state index contributed by atoms with van der Waals surface area (Å²) in [6.07, 6.45) is 1.34. The number of carbonyl (C=O) groups excluding carboxylic acids is 2. The highest BCUT2D eigenvalue weighted by atomic mass is 32.2. The summed E-state index contributed by atoms with van der Waals surface area (Å²) in [5.41, 5.74) is 1.08. The summed E-state index contributed by atoms with van der Waals surface area (Å²) in [7, 11) is 0. The minimum atomic E-state index is -2.69. The van der Waals surface area contributed by atoms with Gasteiger partial charge in [0, 0.05) is 23.6 Å². The number of aromatic nitrogens is 1. The number of benzene rings is 2. The standard InChI is InChI=1S/C21H17F2N3O3S/c22-21(23)30-20-17(10-5-11-24-20)19(28)26-15-8-4-9-16(12-15)29-13-18(27)25-14-6-2-1-3-7-14/h1-12,21H,13H2,(H,25,27)(H,26,28). The fraction of sp³-hybridized carbons (Fsp3) is 0.0952. The SMILES string of the molecule is O=C(COc1cccc(NC(=O)c2cccnc2SC(F)F)c1)Nc1ccccc1. The number of nitrogens with zero attached hydrogens (tertiary/aromatic N) is 1. The summed E-state index contributed by atoms with van der Waals surface area (Å²) < 4.78 is 30.8. The molecule has 2 aromatic carbocycles. The zero-order valence-corrected chi connectivity index (χ0v) is 16.4. The van der Waals surface area contributed by atoms with Crippen LogP contribution in [0.3, 0.4) is 0 Å². The van der Waals surface area contributed by atoms with Gasteiger partial charge in [-0.15, -0.1) is 0 Å². The molecule has 2 amide bonds. The molecule has 30 heavy (non-hydrogen) atoms.